The van der Waals surface area contributed by atoms with Gasteiger partial charge in [-0.25, -0.2) is 0 Å². The fourth-order valence-electron chi connectivity index (χ4n) is 3.60. The molecule has 0 spiro atoms. The molecule has 0 aliphatic rings. The van der Waals surface area contributed by atoms with E-state index in [1.165, 1.54) is 10.9 Å². The number of aromatic nitrogens is 1. The maximum atomic E-state index is 12.7. The lowest BCUT2D eigenvalue weighted by Gasteiger charge is -2.18. The molecule has 0 fully saturated rings. The number of hydrogen-bond acceptors (Lipinski definition) is 2. The smallest absolute Gasteiger partial charge is 0.220 e. The molecule has 2 N–H and O–H groups in total. The van der Waals surface area contributed by atoms with Crippen molar-refractivity contribution < 1.29 is 4.79 Å². The topological polar surface area (TPSA) is 48.1 Å². The Balaban J connectivity index is 1.93. The number of benzene rings is 2. The number of likely N-dealkylation sites (N-methyl/N-ethyl adjacent to an activating group) is 1. The minimum Gasteiger partial charge on any atom is -0.361 e. The molecule has 2 aromatic carbocycles. The van der Waals surface area contributed by atoms with Gasteiger partial charge in [-0.1, -0.05) is 48.9 Å². The summed E-state index contributed by atoms with van der Waals surface area (Å²) < 4.78 is 0. The monoisotopic (exact) mass is 397 g/mol. The molecular formula is C23H28ClN3O. The Labute approximate surface area is 171 Å². The molecule has 0 unspecified atom stereocenters. The fourth-order valence-corrected chi connectivity index (χ4v) is 3.73. The number of H-pyrrole nitrogens is 1. The summed E-state index contributed by atoms with van der Waals surface area (Å²) in [6.07, 6.45) is 3.42. The van der Waals surface area contributed by atoms with Crippen molar-refractivity contribution in [3.63, 3.8) is 0 Å². The van der Waals surface area contributed by atoms with E-state index in [-0.39, 0.29) is 11.8 Å². The predicted octanol–water partition coefficient (Wildman–Crippen LogP) is 4.58. The van der Waals surface area contributed by atoms with Crippen molar-refractivity contribution in [1.82, 2.24) is 15.2 Å². The zero-order chi connectivity index (χ0) is 20.1. The highest BCUT2D eigenvalue weighted by molar-refractivity contribution is 6.30. The van der Waals surface area contributed by atoms with E-state index in [4.69, 9.17) is 11.6 Å². The van der Waals surface area contributed by atoms with Crippen molar-refractivity contribution >= 4 is 28.4 Å². The molecule has 0 saturated heterocycles. The molecule has 28 heavy (non-hydrogen) atoms. The minimum atomic E-state index is -0.0301. The third-order valence-corrected chi connectivity index (χ3v) is 5.39. The molecule has 0 bridgehead atoms. The molecule has 0 aliphatic heterocycles. The molecule has 3 rings (SSSR count). The number of hydrogen-bond donors (Lipinski definition) is 2. The van der Waals surface area contributed by atoms with E-state index in [9.17, 15) is 4.79 Å². The van der Waals surface area contributed by atoms with Crippen LogP contribution in [0.3, 0.4) is 0 Å². The van der Waals surface area contributed by atoms with Gasteiger partial charge in [0.15, 0.2) is 0 Å². The lowest BCUT2D eigenvalue weighted by Crippen LogP contribution is -2.32. The number of para-hydroxylation sites is 1. The van der Waals surface area contributed by atoms with Crippen LogP contribution in [0.5, 0.6) is 0 Å². The van der Waals surface area contributed by atoms with Gasteiger partial charge < -0.3 is 15.2 Å². The molecule has 0 radical (unpaired) electrons. The Bertz CT molecular complexity index is 931. The quantitative estimate of drug-likeness (QED) is 0.584. The summed E-state index contributed by atoms with van der Waals surface area (Å²) in [6.45, 7) is 3.63. The Morgan fingerprint density at radius 2 is 1.93 bits per heavy atom. The summed E-state index contributed by atoms with van der Waals surface area (Å²) >= 11 is 6.09. The standard InChI is InChI=1S/C23H28ClN3O/c1-4-16-6-5-7-19-21(15-26-23(16)19)20(17-8-10-18(24)11-9-17)14-22(28)25-12-13-27(2)3/h5-11,15,20,26H,4,12-14H2,1-3H3,(H,25,28)/t20-/m1/s1. The first-order valence-corrected chi connectivity index (χ1v) is 10.1. The molecule has 148 valence electrons. The van der Waals surface area contributed by atoms with E-state index in [1.54, 1.807) is 0 Å². The molecule has 1 amide bonds. The van der Waals surface area contributed by atoms with Gasteiger partial charge in [-0.05, 0) is 49.3 Å². The molecule has 1 atom stereocenters. The maximum Gasteiger partial charge on any atom is 0.220 e. The highest BCUT2D eigenvalue weighted by Gasteiger charge is 2.22. The highest BCUT2D eigenvalue weighted by atomic mass is 35.5. The average molecular weight is 398 g/mol. The molecule has 0 saturated carbocycles. The molecule has 1 heterocycles. The van der Waals surface area contributed by atoms with E-state index in [0.717, 1.165) is 29.6 Å². The summed E-state index contributed by atoms with van der Waals surface area (Å²) in [5.74, 6) is 0.0280. The van der Waals surface area contributed by atoms with Crippen molar-refractivity contribution in [3.8, 4) is 0 Å². The molecule has 3 aromatic rings. The number of nitrogens with zero attached hydrogens (tertiary/aromatic N) is 1. The third kappa shape index (κ3) is 4.75. The first-order chi connectivity index (χ1) is 13.5. The summed E-state index contributed by atoms with van der Waals surface area (Å²) in [5.41, 5.74) is 4.69. The van der Waals surface area contributed by atoms with Crippen molar-refractivity contribution in [2.45, 2.75) is 25.7 Å². The van der Waals surface area contributed by atoms with Crippen molar-refractivity contribution in [3.05, 3.63) is 70.4 Å². The minimum absolute atomic E-state index is 0.0301. The van der Waals surface area contributed by atoms with Crippen LogP contribution in [0.1, 0.15) is 36.0 Å². The number of carbonyl (C=O) groups excluding carboxylic acids is 1. The summed E-state index contributed by atoms with van der Waals surface area (Å²) in [7, 11) is 4.00. The van der Waals surface area contributed by atoms with Crippen LogP contribution >= 0.6 is 11.6 Å². The van der Waals surface area contributed by atoms with Gasteiger partial charge in [-0.2, -0.15) is 0 Å². The normalized spacial score (nSPS) is 12.5. The predicted molar refractivity (Wildman–Crippen MR) is 117 cm³/mol. The Hall–Kier alpha value is -2.30. The van der Waals surface area contributed by atoms with Gasteiger partial charge in [0.25, 0.3) is 0 Å². The second-order valence-corrected chi connectivity index (χ2v) is 7.84. The van der Waals surface area contributed by atoms with Crippen molar-refractivity contribution in [2.75, 3.05) is 27.2 Å². The van der Waals surface area contributed by atoms with Gasteiger partial charge in [0, 0.05) is 47.6 Å². The van der Waals surface area contributed by atoms with E-state index in [0.29, 0.717) is 18.0 Å². The number of amides is 1. The van der Waals surface area contributed by atoms with E-state index >= 15 is 0 Å². The van der Waals surface area contributed by atoms with Crippen LogP contribution in [0.4, 0.5) is 0 Å². The third-order valence-electron chi connectivity index (χ3n) is 5.13. The van der Waals surface area contributed by atoms with Gasteiger partial charge in [0.2, 0.25) is 5.91 Å². The van der Waals surface area contributed by atoms with Gasteiger partial charge in [0.05, 0.1) is 0 Å². The lowest BCUT2D eigenvalue weighted by molar-refractivity contribution is -0.121. The van der Waals surface area contributed by atoms with Gasteiger partial charge >= 0.3 is 0 Å². The van der Waals surface area contributed by atoms with Crippen LogP contribution in [-0.4, -0.2) is 43.0 Å². The number of fused-ring (bicyclic) bond motifs is 1. The maximum absolute atomic E-state index is 12.7. The second-order valence-electron chi connectivity index (χ2n) is 7.40. The van der Waals surface area contributed by atoms with E-state index < -0.39 is 0 Å². The summed E-state index contributed by atoms with van der Waals surface area (Å²) in [5, 5.41) is 4.92. The first kappa shape index (κ1) is 20.4. The van der Waals surface area contributed by atoms with Crippen molar-refractivity contribution in [2.24, 2.45) is 0 Å². The number of halogens is 1. The van der Waals surface area contributed by atoms with Gasteiger partial charge in [-0.15, -0.1) is 0 Å². The van der Waals surface area contributed by atoms with Crippen LogP contribution in [-0.2, 0) is 11.2 Å². The summed E-state index contributed by atoms with van der Waals surface area (Å²) in [6, 6.07) is 14.2. The number of aromatic amines is 1. The first-order valence-electron chi connectivity index (χ1n) is 9.75. The molecule has 5 heteroatoms. The van der Waals surface area contributed by atoms with E-state index in [1.807, 2.05) is 38.4 Å². The van der Waals surface area contributed by atoms with Crippen LogP contribution in [0.2, 0.25) is 5.02 Å². The van der Waals surface area contributed by atoms with Gasteiger partial charge in [0.1, 0.15) is 0 Å². The number of nitrogens with one attached hydrogen (secondary N) is 2. The zero-order valence-corrected chi connectivity index (χ0v) is 17.5. The second kappa shape index (κ2) is 9.26. The Morgan fingerprint density at radius 1 is 1.18 bits per heavy atom. The number of carbonyl (C=O) groups is 1. The SMILES string of the molecule is CCc1cccc2c([C@H](CC(=O)NCCN(C)C)c3ccc(Cl)cc3)c[nH]c12. The summed E-state index contributed by atoms with van der Waals surface area (Å²) in [4.78, 5) is 18.2. The van der Waals surface area contributed by atoms with Crippen LogP contribution in [0, 0.1) is 0 Å². The average Bonchev–Trinajstić information content (AvgIpc) is 3.10. The highest BCUT2D eigenvalue weighted by Crippen LogP contribution is 2.35. The van der Waals surface area contributed by atoms with Crippen LogP contribution < -0.4 is 5.32 Å². The molecule has 4 nitrogen and oxygen atoms in total. The molecule has 1 aromatic heterocycles. The van der Waals surface area contributed by atoms with E-state index in [2.05, 4.69) is 46.5 Å². The van der Waals surface area contributed by atoms with Crippen LogP contribution in [0.25, 0.3) is 10.9 Å². The van der Waals surface area contributed by atoms with Crippen molar-refractivity contribution in [1.29, 1.82) is 0 Å². The molecule has 0 aliphatic carbocycles. The lowest BCUT2D eigenvalue weighted by atomic mass is 9.87. The van der Waals surface area contributed by atoms with Gasteiger partial charge in [-0.3, -0.25) is 4.79 Å². The fraction of sp³-hybridized carbons (Fsp3) is 0.348. The largest absolute Gasteiger partial charge is 0.361 e. The van der Waals surface area contributed by atoms with Crippen LogP contribution in [0.15, 0.2) is 48.7 Å². The number of rotatable bonds is 8. The molecular weight excluding hydrogens is 370 g/mol. The Morgan fingerprint density at radius 3 is 2.61 bits per heavy atom. The number of aryl methyl sites for hydroxylation is 1. The Kier molecular flexibility index (Phi) is 6.76. The zero-order valence-electron chi connectivity index (χ0n) is 16.8.